The minimum Gasteiger partial charge on any atom is -0.497 e. The highest BCUT2D eigenvalue weighted by molar-refractivity contribution is 9.10. The van der Waals surface area contributed by atoms with Crippen molar-refractivity contribution in [1.29, 1.82) is 0 Å². The van der Waals surface area contributed by atoms with Crippen LogP contribution >= 0.6 is 27.3 Å². The van der Waals surface area contributed by atoms with Gasteiger partial charge >= 0.3 is 0 Å². The minimum absolute atomic E-state index is 0.270. The number of thiazole rings is 1. The Bertz CT molecular complexity index is 2120. The lowest BCUT2D eigenvalue weighted by Gasteiger charge is -2.25. The number of amides is 1. The molecule has 1 N–H and O–H groups in total. The van der Waals surface area contributed by atoms with E-state index in [2.05, 4.69) is 21.2 Å². The average molecular weight is 697 g/mol. The molecule has 10 heteroatoms. The number of nitrogens with zero attached hydrogens (tertiary/aromatic N) is 2. The van der Waals surface area contributed by atoms with Gasteiger partial charge < -0.3 is 19.5 Å². The number of hydrogen-bond donors (Lipinski definition) is 1. The molecule has 1 atom stereocenters. The van der Waals surface area contributed by atoms with Crippen molar-refractivity contribution in [2.24, 2.45) is 4.99 Å². The van der Waals surface area contributed by atoms with Crippen molar-refractivity contribution in [2.45, 2.75) is 19.6 Å². The Kier molecular flexibility index (Phi) is 9.18. The quantitative estimate of drug-likeness (QED) is 0.197. The van der Waals surface area contributed by atoms with Gasteiger partial charge in [0.05, 0.1) is 40.5 Å². The number of hydrogen-bond acceptors (Lipinski definition) is 7. The topological polar surface area (TPSA) is 91.2 Å². The van der Waals surface area contributed by atoms with Crippen molar-refractivity contribution in [2.75, 3.05) is 19.5 Å². The van der Waals surface area contributed by atoms with E-state index in [4.69, 9.17) is 19.2 Å². The SMILES string of the molecule is COc1cccc([C@H]2C(C(=O)Nc3ccccc3)=C(C)N=c3s/c(=C\c4cc(Br)c(OCc5ccccc5)c(OC)c4)c(=O)n32)c1. The van der Waals surface area contributed by atoms with E-state index in [1.807, 2.05) is 97.1 Å². The summed E-state index contributed by atoms with van der Waals surface area (Å²) in [5.41, 5.74) is 3.76. The monoisotopic (exact) mass is 695 g/mol. The molecule has 1 aliphatic rings. The van der Waals surface area contributed by atoms with E-state index in [1.165, 1.54) is 11.3 Å². The van der Waals surface area contributed by atoms with Crippen molar-refractivity contribution in [1.82, 2.24) is 4.57 Å². The molecule has 0 bridgehead atoms. The number of halogens is 1. The van der Waals surface area contributed by atoms with Crippen LogP contribution in [0.2, 0.25) is 0 Å². The van der Waals surface area contributed by atoms with Gasteiger partial charge in [-0.05, 0) is 82.0 Å². The molecule has 6 rings (SSSR count). The summed E-state index contributed by atoms with van der Waals surface area (Å²) in [4.78, 5) is 33.2. The second kappa shape index (κ2) is 13.6. The average Bonchev–Trinajstić information content (AvgIpc) is 3.37. The second-order valence-corrected chi connectivity index (χ2v) is 12.4. The molecule has 0 unspecified atom stereocenters. The van der Waals surface area contributed by atoms with Crippen LogP contribution in [0.5, 0.6) is 17.2 Å². The number of rotatable bonds is 9. The molecule has 1 amide bonds. The highest BCUT2D eigenvalue weighted by Crippen LogP contribution is 2.37. The van der Waals surface area contributed by atoms with Crippen LogP contribution < -0.4 is 34.4 Å². The van der Waals surface area contributed by atoms with E-state index in [9.17, 15) is 9.59 Å². The number of carbonyl (C=O) groups is 1. The maximum absolute atomic E-state index is 14.2. The maximum Gasteiger partial charge on any atom is 0.271 e. The Hall–Kier alpha value is -4.93. The van der Waals surface area contributed by atoms with E-state index >= 15 is 0 Å². The Balaban J connectivity index is 1.42. The lowest BCUT2D eigenvalue weighted by Crippen LogP contribution is -2.40. The van der Waals surface area contributed by atoms with Crippen LogP contribution in [0.3, 0.4) is 0 Å². The van der Waals surface area contributed by atoms with E-state index in [1.54, 1.807) is 31.8 Å². The fraction of sp³-hybridized carbons (Fsp3) is 0.139. The van der Waals surface area contributed by atoms with Gasteiger partial charge in [0.15, 0.2) is 16.3 Å². The van der Waals surface area contributed by atoms with Gasteiger partial charge in [-0.15, -0.1) is 0 Å². The first-order valence-corrected chi connectivity index (χ1v) is 16.0. The third kappa shape index (κ3) is 6.40. The van der Waals surface area contributed by atoms with Gasteiger partial charge in [-0.25, -0.2) is 4.99 Å². The zero-order chi connectivity index (χ0) is 32.2. The number of fused-ring (bicyclic) bond motifs is 1. The van der Waals surface area contributed by atoms with Gasteiger partial charge in [0.2, 0.25) is 0 Å². The highest BCUT2D eigenvalue weighted by atomic mass is 79.9. The smallest absolute Gasteiger partial charge is 0.271 e. The highest BCUT2D eigenvalue weighted by Gasteiger charge is 2.33. The third-order valence-corrected chi connectivity index (χ3v) is 9.06. The molecule has 8 nitrogen and oxygen atoms in total. The summed E-state index contributed by atoms with van der Waals surface area (Å²) in [7, 11) is 3.16. The van der Waals surface area contributed by atoms with Gasteiger partial charge in [0.1, 0.15) is 12.4 Å². The first-order chi connectivity index (χ1) is 22.4. The Morgan fingerprint density at radius 3 is 2.43 bits per heavy atom. The van der Waals surface area contributed by atoms with Gasteiger partial charge in [0.25, 0.3) is 11.5 Å². The molecule has 4 aromatic carbocycles. The number of para-hydroxylation sites is 1. The van der Waals surface area contributed by atoms with Crippen molar-refractivity contribution < 1.29 is 19.0 Å². The van der Waals surface area contributed by atoms with E-state index in [0.29, 0.717) is 54.6 Å². The van der Waals surface area contributed by atoms with E-state index in [-0.39, 0.29) is 11.5 Å². The van der Waals surface area contributed by atoms with Crippen LogP contribution in [-0.4, -0.2) is 24.7 Å². The van der Waals surface area contributed by atoms with Gasteiger partial charge in [-0.3, -0.25) is 14.2 Å². The van der Waals surface area contributed by atoms with Crippen LogP contribution in [0.15, 0.2) is 123 Å². The molecule has 0 aliphatic carbocycles. The first kappa shape index (κ1) is 31.1. The molecule has 1 aliphatic heterocycles. The Morgan fingerprint density at radius 1 is 0.978 bits per heavy atom. The summed E-state index contributed by atoms with van der Waals surface area (Å²) in [5.74, 6) is 1.36. The minimum atomic E-state index is -0.729. The number of nitrogens with one attached hydrogen (secondary N) is 1. The molecule has 232 valence electrons. The first-order valence-electron chi connectivity index (χ1n) is 14.4. The number of benzene rings is 4. The molecule has 1 aromatic heterocycles. The number of carbonyl (C=O) groups excluding carboxylic acids is 1. The summed E-state index contributed by atoms with van der Waals surface area (Å²) in [6, 6.07) is 29.4. The molecule has 0 radical (unpaired) electrons. The second-order valence-electron chi connectivity index (χ2n) is 10.5. The van der Waals surface area contributed by atoms with E-state index < -0.39 is 6.04 Å². The van der Waals surface area contributed by atoms with Gasteiger partial charge in [0, 0.05) is 5.69 Å². The number of ether oxygens (including phenoxy) is 3. The van der Waals surface area contributed by atoms with Crippen molar-refractivity contribution in [3.63, 3.8) is 0 Å². The molecule has 46 heavy (non-hydrogen) atoms. The van der Waals surface area contributed by atoms with Crippen molar-refractivity contribution >= 4 is 44.9 Å². The predicted molar refractivity (Wildman–Crippen MR) is 183 cm³/mol. The number of methoxy groups -OCH3 is 2. The molecule has 5 aromatic rings. The molecular formula is C36H30BrN3O5S. The number of allylic oxidation sites excluding steroid dienone is 1. The van der Waals surface area contributed by atoms with Crippen LogP contribution in [0.25, 0.3) is 6.08 Å². The summed E-state index contributed by atoms with van der Waals surface area (Å²) in [6.45, 7) is 2.16. The van der Waals surface area contributed by atoms with Crippen LogP contribution in [0, 0.1) is 0 Å². The molecule has 2 heterocycles. The Labute approximate surface area is 278 Å². The summed E-state index contributed by atoms with van der Waals surface area (Å²) < 4.78 is 20.0. The van der Waals surface area contributed by atoms with Gasteiger partial charge in [-0.2, -0.15) is 0 Å². The largest absolute Gasteiger partial charge is 0.497 e. The number of aromatic nitrogens is 1. The van der Waals surface area contributed by atoms with Crippen LogP contribution in [0.4, 0.5) is 5.69 Å². The third-order valence-electron chi connectivity index (χ3n) is 7.48. The van der Waals surface area contributed by atoms with E-state index in [0.717, 1.165) is 16.7 Å². The van der Waals surface area contributed by atoms with Crippen molar-refractivity contribution in [3.05, 3.63) is 149 Å². The maximum atomic E-state index is 14.2. The normalized spacial score (nSPS) is 14.3. The predicted octanol–water partition coefficient (Wildman–Crippen LogP) is 6.23. The zero-order valence-electron chi connectivity index (χ0n) is 25.3. The summed E-state index contributed by atoms with van der Waals surface area (Å²) in [5, 5.41) is 2.97. The van der Waals surface area contributed by atoms with Crippen LogP contribution in [-0.2, 0) is 11.4 Å². The fourth-order valence-electron chi connectivity index (χ4n) is 5.30. The van der Waals surface area contributed by atoms with Crippen molar-refractivity contribution in [3.8, 4) is 17.2 Å². The lowest BCUT2D eigenvalue weighted by molar-refractivity contribution is -0.113. The number of anilines is 1. The lowest BCUT2D eigenvalue weighted by atomic mass is 9.95. The molecule has 0 fully saturated rings. The zero-order valence-corrected chi connectivity index (χ0v) is 27.7. The molecule has 0 spiro atoms. The molecule has 0 saturated heterocycles. The van der Waals surface area contributed by atoms with Crippen LogP contribution in [0.1, 0.15) is 29.7 Å². The molecule has 0 saturated carbocycles. The Morgan fingerprint density at radius 2 is 1.72 bits per heavy atom. The van der Waals surface area contributed by atoms with Gasteiger partial charge in [-0.1, -0.05) is 72.0 Å². The summed E-state index contributed by atoms with van der Waals surface area (Å²) in [6.07, 6.45) is 1.80. The summed E-state index contributed by atoms with van der Waals surface area (Å²) >= 11 is 4.89. The standard InChI is InChI=1S/C36H30BrN3O5S/c1-22-31(34(41)39-26-14-8-5-9-15-26)32(25-13-10-16-27(20-25)43-2)40-35(42)30(46-36(40)38-22)19-24-17-28(37)33(29(18-24)44-3)45-21-23-11-6-4-7-12-23/h4-20,32H,21H2,1-3H3,(H,39,41)/b30-19-/t32-/m0/s1. The fourth-order valence-corrected chi connectivity index (χ4v) is 6.92. The molecular weight excluding hydrogens is 666 g/mol.